The fourth-order valence-corrected chi connectivity index (χ4v) is 2.45. The van der Waals surface area contributed by atoms with Gasteiger partial charge in [0.2, 0.25) is 5.88 Å². The van der Waals surface area contributed by atoms with Gasteiger partial charge < -0.3 is 9.64 Å². The topological polar surface area (TPSA) is 42.4 Å². The van der Waals surface area contributed by atoms with Crippen molar-refractivity contribution in [3.63, 3.8) is 0 Å². The number of carbonyl (C=O) groups excluding carboxylic acids is 1. The van der Waals surface area contributed by atoms with Crippen molar-refractivity contribution >= 4 is 17.7 Å². The summed E-state index contributed by atoms with van der Waals surface area (Å²) in [4.78, 5) is 18.8. The van der Waals surface area contributed by atoms with Crippen LogP contribution in [0.4, 0.5) is 13.2 Å². The van der Waals surface area contributed by atoms with E-state index in [2.05, 4.69) is 9.72 Å². The largest absolute Gasteiger partial charge is 0.468 e. The molecule has 1 heterocycles. The summed E-state index contributed by atoms with van der Waals surface area (Å²) in [6.07, 6.45) is -1.23. The van der Waals surface area contributed by atoms with Gasteiger partial charge in [-0.1, -0.05) is 12.1 Å². The van der Waals surface area contributed by atoms with Crippen LogP contribution >= 0.6 is 11.8 Å². The minimum Gasteiger partial charge on any atom is -0.468 e. The van der Waals surface area contributed by atoms with Crippen LogP contribution in [0, 0.1) is 0 Å². The van der Waals surface area contributed by atoms with Crippen molar-refractivity contribution in [3.05, 3.63) is 53.7 Å². The van der Waals surface area contributed by atoms with Crippen molar-refractivity contribution in [2.75, 3.05) is 19.9 Å². The fraction of sp³-hybridized carbons (Fsp3) is 0.294. The standard InChI is InChI=1S/C17H17F3N2O2S/c1-22(10-12-3-6-14(25-2)7-4-12)16(23)13-5-8-15(21-9-13)24-11-17(18,19)20/h3-9H,10-11H2,1-2H3. The molecule has 0 saturated carbocycles. The molecule has 0 spiro atoms. The van der Waals surface area contributed by atoms with E-state index in [1.54, 1.807) is 18.8 Å². The first-order valence-electron chi connectivity index (χ1n) is 7.32. The van der Waals surface area contributed by atoms with Crippen molar-refractivity contribution in [2.24, 2.45) is 0 Å². The van der Waals surface area contributed by atoms with E-state index < -0.39 is 12.8 Å². The molecular weight excluding hydrogens is 353 g/mol. The summed E-state index contributed by atoms with van der Waals surface area (Å²) in [6, 6.07) is 10.5. The molecule has 0 bridgehead atoms. The molecule has 0 atom stereocenters. The van der Waals surface area contributed by atoms with Crippen LogP contribution in [0.25, 0.3) is 0 Å². The Morgan fingerprint density at radius 3 is 2.40 bits per heavy atom. The maximum absolute atomic E-state index is 12.4. The number of hydrogen-bond acceptors (Lipinski definition) is 4. The summed E-state index contributed by atoms with van der Waals surface area (Å²) in [5.74, 6) is -0.451. The van der Waals surface area contributed by atoms with Crippen LogP contribution in [-0.4, -0.2) is 41.9 Å². The number of halogens is 3. The van der Waals surface area contributed by atoms with E-state index in [1.165, 1.54) is 23.2 Å². The summed E-state index contributed by atoms with van der Waals surface area (Å²) in [7, 11) is 1.65. The van der Waals surface area contributed by atoms with Crippen molar-refractivity contribution in [3.8, 4) is 5.88 Å². The van der Waals surface area contributed by atoms with Crippen LogP contribution in [0.5, 0.6) is 5.88 Å². The van der Waals surface area contributed by atoms with Gasteiger partial charge in [0.15, 0.2) is 6.61 Å². The molecule has 0 radical (unpaired) electrons. The molecule has 1 aromatic heterocycles. The van der Waals surface area contributed by atoms with E-state index in [1.807, 2.05) is 30.5 Å². The van der Waals surface area contributed by atoms with Crippen LogP contribution in [-0.2, 0) is 6.54 Å². The van der Waals surface area contributed by atoms with Gasteiger partial charge in [-0.05, 0) is 30.0 Å². The van der Waals surface area contributed by atoms with Crippen molar-refractivity contribution < 1.29 is 22.7 Å². The minimum atomic E-state index is -4.43. The van der Waals surface area contributed by atoms with Crippen molar-refractivity contribution in [2.45, 2.75) is 17.6 Å². The van der Waals surface area contributed by atoms with E-state index in [4.69, 9.17) is 0 Å². The molecule has 0 unspecified atom stereocenters. The first kappa shape index (κ1) is 19.1. The Kier molecular flexibility index (Phi) is 6.30. The van der Waals surface area contributed by atoms with Crippen molar-refractivity contribution in [1.29, 1.82) is 0 Å². The Bertz CT molecular complexity index is 703. The van der Waals surface area contributed by atoms with Gasteiger partial charge in [-0.25, -0.2) is 4.98 Å². The number of amides is 1. The molecular formula is C17H17F3N2O2S. The van der Waals surface area contributed by atoms with Gasteiger partial charge in [-0.15, -0.1) is 11.8 Å². The third-order valence-corrected chi connectivity index (χ3v) is 4.04. The molecule has 2 rings (SSSR count). The Morgan fingerprint density at radius 1 is 1.20 bits per heavy atom. The quantitative estimate of drug-likeness (QED) is 0.721. The first-order valence-corrected chi connectivity index (χ1v) is 8.55. The Labute approximate surface area is 148 Å². The number of thioether (sulfide) groups is 1. The van der Waals surface area contributed by atoms with Gasteiger partial charge in [0.05, 0.1) is 5.56 Å². The predicted molar refractivity (Wildman–Crippen MR) is 89.8 cm³/mol. The summed E-state index contributed by atoms with van der Waals surface area (Å²) in [5.41, 5.74) is 1.26. The van der Waals surface area contributed by atoms with Gasteiger partial charge in [-0.2, -0.15) is 13.2 Å². The highest BCUT2D eigenvalue weighted by molar-refractivity contribution is 7.98. The zero-order valence-electron chi connectivity index (χ0n) is 13.7. The van der Waals surface area contributed by atoms with Crippen molar-refractivity contribution in [1.82, 2.24) is 9.88 Å². The molecule has 1 amide bonds. The summed E-state index contributed by atoms with van der Waals surface area (Å²) in [6.45, 7) is -1.00. The summed E-state index contributed by atoms with van der Waals surface area (Å²) >= 11 is 1.64. The Morgan fingerprint density at radius 2 is 1.88 bits per heavy atom. The monoisotopic (exact) mass is 370 g/mol. The molecule has 8 heteroatoms. The molecule has 2 aromatic rings. The number of nitrogens with zero attached hydrogens (tertiary/aromatic N) is 2. The number of rotatable bonds is 6. The number of aromatic nitrogens is 1. The highest BCUT2D eigenvalue weighted by atomic mass is 32.2. The molecule has 0 saturated heterocycles. The lowest BCUT2D eigenvalue weighted by molar-refractivity contribution is -0.154. The number of pyridine rings is 1. The lowest BCUT2D eigenvalue weighted by Gasteiger charge is -2.17. The number of benzene rings is 1. The highest BCUT2D eigenvalue weighted by Crippen LogP contribution is 2.18. The summed E-state index contributed by atoms with van der Waals surface area (Å²) < 4.78 is 40.8. The zero-order valence-corrected chi connectivity index (χ0v) is 14.5. The van der Waals surface area contributed by atoms with Gasteiger partial charge in [0.25, 0.3) is 5.91 Å². The molecule has 1 aromatic carbocycles. The lowest BCUT2D eigenvalue weighted by Crippen LogP contribution is -2.26. The first-order chi connectivity index (χ1) is 11.8. The van der Waals surface area contributed by atoms with Crippen LogP contribution in [0.1, 0.15) is 15.9 Å². The average Bonchev–Trinajstić information content (AvgIpc) is 2.60. The van der Waals surface area contributed by atoms with Gasteiger partial charge in [0.1, 0.15) is 0 Å². The van der Waals surface area contributed by atoms with Crippen LogP contribution in [0.2, 0.25) is 0 Å². The van der Waals surface area contributed by atoms with E-state index in [0.29, 0.717) is 6.54 Å². The van der Waals surface area contributed by atoms with Crippen LogP contribution in [0.15, 0.2) is 47.5 Å². The third-order valence-electron chi connectivity index (χ3n) is 3.29. The second kappa shape index (κ2) is 8.24. The Hall–Kier alpha value is -2.22. The number of ether oxygens (including phenoxy) is 1. The normalized spacial score (nSPS) is 11.2. The smallest absolute Gasteiger partial charge is 0.422 e. The Balaban J connectivity index is 1.96. The third kappa shape index (κ3) is 5.97. The zero-order chi connectivity index (χ0) is 18.4. The molecule has 0 aliphatic carbocycles. The predicted octanol–water partition coefficient (Wildman–Crippen LogP) is 4.02. The van der Waals surface area contributed by atoms with E-state index in [-0.39, 0.29) is 17.4 Å². The van der Waals surface area contributed by atoms with E-state index in [9.17, 15) is 18.0 Å². The van der Waals surface area contributed by atoms with E-state index in [0.717, 1.165) is 10.5 Å². The lowest BCUT2D eigenvalue weighted by atomic mass is 10.2. The van der Waals surface area contributed by atoms with Gasteiger partial charge in [0, 0.05) is 30.8 Å². The molecule has 25 heavy (non-hydrogen) atoms. The highest BCUT2D eigenvalue weighted by Gasteiger charge is 2.28. The number of hydrogen-bond donors (Lipinski definition) is 0. The van der Waals surface area contributed by atoms with Gasteiger partial charge in [-0.3, -0.25) is 4.79 Å². The maximum Gasteiger partial charge on any atom is 0.422 e. The second-order valence-electron chi connectivity index (χ2n) is 5.30. The van der Waals surface area contributed by atoms with Crippen LogP contribution < -0.4 is 4.74 Å². The molecule has 0 aliphatic heterocycles. The maximum atomic E-state index is 12.4. The molecule has 134 valence electrons. The minimum absolute atomic E-state index is 0.177. The molecule has 0 fully saturated rings. The second-order valence-corrected chi connectivity index (χ2v) is 6.18. The summed E-state index contributed by atoms with van der Waals surface area (Å²) in [5, 5.41) is 0. The molecule has 0 aliphatic rings. The molecule has 4 nitrogen and oxygen atoms in total. The average molecular weight is 370 g/mol. The van der Waals surface area contributed by atoms with E-state index >= 15 is 0 Å². The van der Waals surface area contributed by atoms with Crippen LogP contribution in [0.3, 0.4) is 0 Å². The van der Waals surface area contributed by atoms with Gasteiger partial charge >= 0.3 is 6.18 Å². The number of carbonyl (C=O) groups is 1. The molecule has 0 N–H and O–H groups in total. The SMILES string of the molecule is CSc1ccc(CN(C)C(=O)c2ccc(OCC(F)(F)F)nc2)cc1. The fourth-order valence-electron chi connectivity index (χ4n) is 2.04. The number of alkyl halides is 3.